The van der Waals surface area contributed by atoms with Crippen LogP contribution in [0, 0.1) is 10.1 Å². The molecule has 0 radical (unpaired) electrons. The van der Waals surface area contributed by atoms with Gasteiger partial charge in [0, 0.05) is 23.9 Å². The van der Waals surface area contributed by atoms with Gasteiger partial charge in [0.25, 0.3) is 5.69 Å². The topological polar surface area (TPSA) is 55.5 Å². The van der Waals surface area contributed by atoms with Gasteiger partial charge in [-0.3, -0.25) is 15.1 Å². The minimum absolute atomic E-state index is 0.129. The fourth-order valence-corrected chi connectivity index (χ4v) is 1.58. The quantitative estimate of drug-likeness (QED) is 0.502. The lowest BCUT2D eigenvalue weighted by molar-refractivity contribution is -0.384. The molecule has 0 aliphatic carbocycles. The Labute approximate surface area is 81.4 Å². The van der Waals surface area contributed by atoms with Gasteiger partial charge in [-0.2, -0.15) is 0 Å². The second-order valence-corrected chi connectivity index (χ2v) is 3.47. The van der Waals surface area contributed by atoms with Gasteiger partial charge in [-0.25, -0.2) is 0 Å². The normalized spacial score (nSPS) is 19.1. The maximum atomic E-state index is 10.5. The number of nitro benzene ring substituents is 1. The average Bonchev–Trinajstić information content (AvgIpc) is 2.16. The molecule has 0 fully saturated rings. The van der Waals surface area contributed by atoms with Crippen LogP contribution in [0.15, 0.2) is 23.2 Å². The van der Waals surface area contributed by atoms with Gasteiger partial charge < -0.3 is 0 Å². The fourth-order valence-electron chi connectivity index (χ4n) is 1.58. The lowest BCUT2D eigenvalue weighted by atomic mass is 9.98. The first kappa shape index (κ1) is 8.87. The first-order valence-electron chi connectivity index (χ1n) is 4.47. The lowest BCUT2D eigenvalue weighted by Crippen LogP contribution is -2.11. The SMILES string of the molecule is CC1Cc2ccc([N+](=O)[O-])cc2C=N1. The number of nitro groups is 1. The summed E-state index contributed by atoms with van der Waals surface area (Å²) in [5.74, 6) is 0. The smallest absolute Gasteiger partial charge is 0.270 e. The van der Waals surface area contributed by atoms with E-state index in [9.17, 15) is 10.1 Å². The summed E-state index contributed by atoms with van der Waals surface area (Å²) in [4.78, 5) is 14.4. The molecular weight excluding hydrogens is 180 g/mol. The maximum absolute atomic E-state index is 10.5. The molecule has 1 atom stereocenters. The van der Waals surface area contributed by atoms with Crippen LogP contribution in [-0.4, -0.2) is 17.2 Å². The van der Waals surface area contributed by atoms with Crippen molar-refractivity contribution in [3.8, 4) is 0 Å². The van der Waals surface area contributed by atoms with Crippen molar-refractivity contribution in [1.82, 2.24) is 0 Å². The van der Waals surface area contributed by atoms with Crippen molar-refractivity contribution in [3.05, 3.63) is 39.4 Å². The minimum atomic E-state index is -0.383. The van der Waals surface area contributed by atoms with Crippen LogP contribution in [0.2, 0.25) is 0 Å². The highest BCUT2D eigenvalue weighted by Crippen LogP contribution is 2.21. The van der Waals surface area contributed by atoms with Crippen molar-refractivity contribution in [3.63, 3.8) is 0 Å². The summed E-state index contributed by atoms with van der Waals surface area (Å²) in [5.41, 5.74) is 2.14. The highest BCUT2D eigenvalue weighted by atomic mass is 16.6. The Morgan fingerprint density at radius 2 is 2.36 bits per heavy atom. The largest absolute Gasteiger partial charge is 0.289 e. The van der Waals surface area contributed by atoms with Crippen molar-refractivity contribution < 1.29 is 4.92 Å². The molecule has 0 aromatic heterocycles. The number of hydrogen-bond acceptors (Lipinski definition) is 3. The zero-order valence-electron chi connectivity index (χ0n) is 7.80. The zero-order valence-corrected chi connectivity index (χ0v) is 7.80. The zero-order chi connectivity index (χ0) is 10.1. The van der Waals surface area contributed by atoms with Gasteiger partial charge in [0.1, 0.15) is 0 Å². The third-order valence-electron chi connectivity index (χ3n) is 2.32. The van der Waals surface area contributed by atoms with Gasteiger partial charge >= 0.3 is 0 Å². The van der Waals surface area contributed by atoms with Gasteiger partial charge in [0.15, 0.2) is 0 Å². The van der Waals surface area contributed by atoms with E-state index in [0.717, 1.165) is 17.5 Å². The predicted molar refractivity (Wildman–Crippen MR) is 53.9 cm³/mol. The van der Waals surface area contributed by atoms with E-state index in [-0.39, 0.29) is 16.7 Å². The molecule has 4 nitrogen and oxygen atoms in total. The Kier molecular flexibility index (Phi) is 2.04. The van der Waals surface area contributed by atoms with Crippen molar-refractivity contribution >= 4 is 11.9 Å². The van der Waals surface area contributed by atoms with Gasteiger partial charge in [0.05, 0.1) is 11.0 Å². The molecule has 2 rings (SSSR count). The molecule has 1 heterocycles. The molecular formula is C10H10N2O2. The molecule has 0 saturated heterocycles. The summed E-state index contributed by atoms with van der Waals surface area (Å²) < 4.78 is 0. The average molecular weight is 190 g/mol. The van der Waals surface area contributed by atoms with Crippen molar-refractivity contribution in [2.45, 2.75) is 19.4 Å². The number of benzene rings is 1. The summed E-state index contributed by atoms with van der Waals surface area (Å²) >= 11 is 0. The monoisotopic (exact) mass is 190 g/mol. The summed E-state index contributed by atoms with van der Waals surface area (Å²) in [7, 11) is 0. The molecule has 1 aromatic carbocycles. The molecule has 1 aromatic rings. The molecule has 1 unspecified atom stereocenters. The van der Waals surface area contributed by atoms with E-state index in [1.807, 2.05) is 13.0 Å². The highest BCUT2D eigenvalue weighted by Gasteiger charge is 2.14. The van der Waals surface area contributed by atoms with E-state index in [4.69, 9.17) is 0 Å². The predicted octanol–water partition coefficient (Wildman–Crippen LogP) is 1.96. The Morgan fingerprint density at radius 1 is 1.57 bits per heavy atom. The minimum Gasteiger partial charge on any atom is -0.289 e. The van der Waals surface area contributed by atoms with Crippen molar-refractivity contribution in [2.24, 2.45) is 4.99 Å². The molecule has 0 N–H and O–H groups in total. The lowest BCUT2D eigenvalue weighted by Gasteiger charge is -2.14. The van der Waals surface area contributed by atoms with E-state index >= 15 is 0 Å². The van der Waals surface area contributed by atoms with Gasteiger partial charge in [-0.15, -0.1) is 0 Å². The summed E-state index contributed by atoms with van der Waals surface area (Å²) in [6.45, 7) is 2.03. The maximum Gasteiger partial charge on any atom is 0.270 e. The van der Waals surface area contributed by atoms with Crippen molar-refractivity contribution in [2.75, 3.05) is 0 Å². The summed E-state index contributed by atoms with van der Waals surface area (Å²) in [5, 5.41) is 10.5. The van der Waals surface area contributed by atoms with Crippen LogP contribution in [0.1, 0.15) is 18.1 Å². The fraction of sp³-hybridized carbons (Fsp3) is 0.300. The van der Waals surface area contributed by atoms with E-state index < -0.39 is 0 Å². The van der Waals surface area contributed by atoms with Crippen LogP contribution in [0.25, 0.3) is 0 Å². The van der Waals surface area contributed by atoms with Crippen LogP contribution in [0.5, 0.6) is 0 Å². The molecule has 14 heavy (non-hydrogen) atoms. The number of fused-ring (bicyclic) bond motifs is 1. The molecule has 0 bridgehead atoms. The van der Waals surface area contributed by atoms with E-state index in [2.05, 4.69) is 4.99 Å². The van der Waals surface area contributed by atoms with Crippen LogP contribution in [0.3, 0.4) is 0 Å². The Hall–Kier alpha value is -1.71. The standard InChI is InChI=1S/C10H10N2O2/c1-7-4-8-2-3-10(12(13)14)5-9(8)6-11-7/h2-3,5-7H,4H2,1H3. The van der Waals surface area contributed by atoms with Gasteiger partial charge in [-0.1, -0.05) is 6.07 Å². The Morgan fingerprint density at radius 3 is 3.07 bits per heavy atom. The number of nitrogens with zero attached hydrogens (tertiary/aromatic N) is 2. The highest BCUT2D eigenvalue weighted by molar-refractivity contribution is 5.84. The number of rotatable bonds is 1. The van der Waals surface area contributed by atoms with Crippen molar-refractivity contribution in [1.29, 1.82) is 0 Å². The molecule has 72 valence electrons. The van der Waals surface area contributed by atoms with Crippen LogP contribution in [-0.2, 0) is 6.42 Å². The van der Waals surface area contributed by atoms with Crippen LogP contribution < -0.4 is 0 Å². The van der Waals surface area contributed by atoms with E-state index in [0.29, 0.717) is 0 Å². The van der Waals surface area contributed by atoms with Crippen LogP contribution in [0.4, 0.5) is 5.69 Å². The number of aliphatic imine (C=N–C) groups is 1. The molecule has 0 amide bonds. The summed E-state index contributed by atoms with van der Waals surface area (Å²) in [6.07, 6.45) is 2.58. The molecule has 0 spiro atoms. The Bertz CT molecular complexity index is 413. The van der Waals surface area contributed by atoms with E-state index in [1.165, 1.54) is 0 Å². The second kappa shape index (κ2) is 3.21. The van der Waals surface area contributed by atoms with Crippen LogP contribution >= 0.6 is 0 Å². The first-order chi connectivity index (χ1) is 6.66. The molecule has 1 aliphatic heterocycles. The third kappa shape index (κ3) is 1.51. The number of hydrogen-bond donors (Lipinski definition) is 0. The molecule has 0 saturated carbocycles. The molecule has 4 heteroatoms. The Balaban J connectivity index is 2.44. The summed E-state index contributed by atoms with van der Waals surface area (Å²) in [6, 6.07) is 5.22. The van der Waals surface area contributed by atoms with Gasteiger partial charge in [-0.05, 0) is 18.9 Å². The van der Waals surface area contributed by atoms with Gasteiger partial charge in [0.2, 0.25) is 0 Å². The second-order valence-electron chi connectivity index (χ2n) is 3.47. The first-order valence-corrected chi connectivity index (χ1v) is 4.47. The number of non-ortho nitro benzene ring substituents is 1. The third-order valence-corrected chi connectivity index (χ3v) is 2.32. The van der Waals surface area contributed by atoms with E-state index in [1.54, 1.807) is 18.3 Å². The molecule has 1 aliphatic rings.